The molecule has 3 unspecified atom stereocenters. The number of carbonyl (C=O) groups is 2. The number of benzene rings is 1. The van der Waals surface area contributed by atoms with Crippen LogP contribution in [0.3, 0.4) is 0 Å². The van der Waals surface area contributed by atoms with Crippen molar-refractivity contribution in [2.45, 2.75) is 66.2 Å². The molecule has 146 valence electrons. The van der Waals surface area contributed by atoms with Crippen molar-refractivity contribution in [3.8, 4) is 5.75 Å². The summed E-state index contributed by atoms with van der Waals surface area (Å²) in [4.78, 5) is 24.5. The summed E-state index contributed by atoms with van der Waals surface area (Å²) in [6, 6.07) is 6.90. The SMILES string of the molecule is CCC(C)C(NC(=O)OC(C)C)C(=O)NC(C)COc1ccc(C)cc1. The Labute approximate surface area is 156 Å². The van der Waals surface area contributed by atoms with Gasteiger partial charge in [-0.25, -0.2) is 4.79 Å². The third-order valence-corrected chi connectivity index (χ3v) is 4.02. The number of aryl methyl sites for hydroxylation is 1. The van der Waals surface area contributed by atoms with Crippen LogP contribution in [0.25, 0.3) is 0 Å². The van der Waals surface area contributed by atoms with E-state index in [1.165, 1.54) is 0 Å². The van der Waals surface area contributed by atoms with Crippen molar-refractivity contribution < 1.29 is 19.1 Å². The molecule has 0 bridgehead atoms. The van der Waals surface area contributed by atoms with Crippen LogP contribution >= 0.6 is 0 Å². The predicted molar refractivity (Wildman–Crippen MR) is 102 cm³/mol. The topological polar surface area (TPSA) is 76.7 Å². The molecule has 0 fully saturated rings. The fourth-order valence-electron chi connectivity index (χ4n) is 2.31. The van der Waals surface area contributed by atoms with Gasteiger partial charge in [0.2, 0.25) is 5.91 Å². The molecule has 1 aromatic rings. The summed E-state index contributed by atoms with van der Waals surface area (Å²) in [5.74, 6) is 0.508. The summed E-state index contributed by atoms with van der Waals surface area (Å²) >= 11 is 0. The molecule has 0 spiro atoms. The van der Waals surface area contributed by atoms with Crippen LogP contribution in [0.15, 0.2) is 24.3 Å². The van der Waals surface area contributed by atoms with E-state index in [0.717, 1.165) is 17.7 Å². The van der Waals surface area contributed by atoms with Gasteiger partial charge in [-0.05, 0) is 45.7 Å². The highest BCUT2D eigenvalue weighted by atomic mass is 16.6. The average Bonchev–Trinajstić information content (AvgIpc) is 2.57. The minimum atomic E-state index is -0.645. The maximum absolute atomic E-state index is 12.6. The van der Waals surface area contributed by atoms with E-state index < -0.39 is 12.1 Å². The predicted octanol–water partition coefficient (Wildman–Crippen LogP) is 3.43. The molecule has 0 aliphatic heterocycles. The highest BCUT2D eigenvalue weighted by Gasteiger charge is 2.27. The van der Waals surface area contributed by atoms with Crippen LogP contribution in [-0.2, 0) is 9.53 Å². The fourth-order valence-corrected chi connectivity index (χ4v) is 2.31. The molecule has 6 nitrogen and oxygen atoms in total. The maximum Gasteiger partial charge on any atom is 0.408 e. The van der Waals surface area contributed by atoms with Gasteiger partial charge in [0.15, 0.2) is 0 Å². The third-order valence-electron chi connectivity index (χ3n) is 4.02. The first-order valence-corrected chi connectivity index (χ1v) is 9.19. The Balaban J connectivity index is 2.57. The molecule has 0 aromatic heterocycles. The molecule has 0 saturated carbocycles. The van der Waals surface area contributed by atoms with Gasteiger partial charge in [0.05, 0.1) is 12.1 Å². The molecule has 0 aliphatic rings. The number of hydrogen-bond donors (Lipinski definition) is 2. The molecule has 26 heavy (non-hydrogen) atoms. The first-order chi connectivity index (χ1) is 12.2. The summed E-state index contributed by atoms with van der Waals surface area (Å²) < 4.78 is 10.8. The summed E-state index contributed by atoms with van der Waals surface area (Å²) in [5, 5.41) is 5.57. The number of alkyl carbamates (subject to hydrolysis) is 1. The Kier molecular flexibility index (Phi) is 8.96. The molecular weight excluding hydrogens is 332 g/mol. The van der Waals surface area contributed by atoms with Gasteiger partial charge in [0.1, 0.15) is 18.4 Å². The average molecular weight is 364 g/mol. The third kappa shape index (κ3) is 7.76. The largest absolute Gasteiger partial charge is 0.491 e. The second kappa shape index (κ2) is 10.7. The maximum atomic E-state index is 12.6. The number of amides is 2. The van der Waals surface area contributed by atoms with E-state index >= 15 is 0 Å². The Hall–Kier alpha value is -2.24. The van der Waals surface area contributed by atoms with Gasteiger partial charge in [0.25, 0.3) is 0 Å². The normalized spacial score (nSPS) is 14.3. The Morgan fingerprint density at radius 3 is 2.19 bits per heavy atom. The number of ether oxygens (including phenoxy) is 2. The lowest BCUT2D eigenvalue weighted by atomic mass is 9.98. The van der Waals surface area contributed by atoms with Gasteiger partial charge in [-0.1, -0.05) is 38.0 Å². The van der Waals surface area contributed by atoms with E-state index in [0.29, 0.717) is 6.61 Å². The molecule has 0 radical (unpaired) electrons. The van der Waals surface area contributed by atoms with Crippen molar-refractivity contribution >= 4 is 12.0 Å². The lowest BCUT2D eigenvalue weighted by Crippen LogP contribution is -2.53. The van der Waals surface area contributed by atoms with Gasteiger partial charge in [-0.15, -0.1) is 0 Å². The minimum absolute atomic E-state index is 0.0140. The van der Waals surface area contributed by atoms with Crippen LogP contribution < -0.4 is 15.4 Å². The lowest BCUT2D eigenvalue weighted by molar-refractivity contribution is -0.125. The van der Waals surface area contributed by atoms with E-state index in [2.05, 4.69) is 10.6 Å². The van der Waals surface area contributed by atoms with E-state index in [9.17, 15) is 9.59 Å². The monoisotopic (exact) mass is 364 g/mol. The van der Waals surface area contributed by atoms with Gasteiger partial charge in [0, 0.05) is 0 Å². The zero-order valence-electron chi connectivity index (χ0n) is 16.7. The van der Waals surface area contributed by atoms with E-state index in [1.807, 2.05) is 52.0 Å². The number of hydrogen-bond acceptors (Lipinski definition) is 4. The molecular formula is C20H32N2O4. The van der Waals surface area contributed by atoms with Crippen molar-refractivity contribution in [3.05, 3.63) is 29.8 Å². The zero-order chi connectivity index (χ0) is 19.7. The molecule has 0 heterocycles. The standard InChI is InChI=1S/C20H32N2O4/c1-7-15(5)18(22-20(24)26-13(2)3)19(23)21-16(6)12-25-17-10-8-14(4)9-11-17/h8-11,13,15-16,18H,7,12H2,1-6H3,(H,21,23)(H,22,24). The number of carbonyl (C=O) groups excluding carboxylic acids is 2. The van der Waals surface area contributed by atoms with Crippen LogP contribution in [0, 0.1) is 12.8 Å². The van der Waals surface area contributed by atoms with Gasteiger partial charge in [-0.2, -0.15) is 0 Å². The van der Waals surface area contributed by atoms with Gasteiger partial charge in [-0.3, -0.25) is 4.79 Å². The highest BCUT2D eigenvalue weighted by molar-refractivity contribution is 5.86. The van der Waals surface area contributed by atoms with Crippen LogP contribution in [0.2, 0.25) is 0 Å². The van der Waals surface area contributed by atoms with E-state index in [-0.39, 0.29) is 24.0 Å². The summed E-state index contributed by atoms with van der Waals surface area (Å²) in [5.41, 5.74) is 1.16. The number of nitrogens with one attached hydrogen (secondary N) is 2. The van der Waals surface area contributed by atoms with Crippen molar-refractivity contribution in [2.24, 2.45) is 5.92 Å². The van der Waals surface area contributed by atoms with Crippen LogP contribution in [0.1, 0.15) is 46.6 Å². The van der Waals surface area contributed by atoms with Crippen molar-refractivity contribution in [2.75, 3.05) is 6.61 Å². The minimum Gasteiger partial charge on any atom is -0.491 e. The number of rotatable bonds is 9. The molecule has 6 heteroatoms. The molecule has 1 rings (SSSR count). The fraction of sp³-hybridized carbons (Fsp3) is 0.600. The Morgan fingerprint density at radius 1 is 1.04 bits per heavy atom. The van der Waals surface area contributed by atoms with E-state index in [4.69, 9.17) is 9.47 Å². The Bertz CT molecular complexity index is 572. The molecule has 0 saturated heterocycles. The first-order valence-electron chi connectivity index (χ1n) is 9.19. The molecule has 0 aliphatic carbocycles. The highest BCUT2D eigenvalue weighted by Crippen LogP contribution is 2.12. The first kappa shape index (κ1) is 21.8. The molecule has 3 atom stereocenters. The summed E-state index contributed by atoms with van der Waals surface area (Å²) in [6.07, 6.45) is -0.0598. The van der Waals surface area contributed by atoms with Crippen LogP contribution in [-0.4, -0.2) is 36.8 Å². The van der Waals surface area contributed by atoms with Crippen molar-refractivity contribution in [3.63, 3.8) is 0 Å². The molecule has 1 aromatic carbocycles. The second-order valence-electron chi connectivity index (χ2n) is 7.00. The van der Waals surface area contributed by atoms with E-state index in [1.54, 1.807) is 13.8 Å². The van der Waals surface area contributed by atoms with Crippen molar-refractivity contribution in [1.29, 1.82) is 0 Å². The molecule has 2 amide bonds. The Morgan fingerprint density at radius 2 is 1.65 bits per heavy atom. The van der Waals surface area contributed by atoms with Gasteiger partial charge >= 0.3 is 6.09 Å². The summed E-state index contributed by atoms with van der Waals surface area (Å²) in [6.45, 7) is 11.7. The van der Waals surface area contributed by atoms with Crippen LogP contribution in [0.5, 0.6) is 5.75 Å². The summed E-state index contributed by atoms with van der Waals surface area (Å²) in [7, 11) is 0. The van der Waals surface area contributed by atoms with Crippen molar-refractivity contribution in [1.82, 2.24) is 10.6 Å². The van der Waals surface area contributed by atoms with Gasteiger partial charge < -0.3 is 20.1 Å². The smallest absolute Gasteiger partial charge is 0.408 e. The quantitative estimate of drug-likeness (QED) is 0.704. The zero-order valence-corrected chi connectivity index (χ0v) is 16.7. The lowest BCUT2D eigenvalue weighted by Gasteiger charge is -2.25. The molecule has 2 N–H and O–H groups in total. The second-order valence-corrected chi connectivity index (χ2v) is 7.00. The van der Waals surface area contributed by atoms with Crippen LogP contribution in [0.4, 0.5) is 4.79 Å².